The summed E-state index contributed by atoms with van der Waals surface area (Å²) in [5.41, 5.74) is 1.43. The number of morpholine rings is 1. The maximum atomic E-state index is 13.2. The number of carbonyl (C=O) groups excluding carboxylic acids is 1. The fraction of sp³-hybridized carbons (Fsp3) is 0.435. The summed E-state index contributed by atoms with van der Waals surface area (Å²) in [5, 5.41) is 0. The number of carbonyl (C=O) groups is 1. The van der Waals surface area contributed by atoms with Crippen molar-refractivity contribution in [2.24, 2.45) is 0 Å². The van der Waals surface area contributed by atoms with Crippen LogP contribution in [0, 0.1) is 0 Å². The van der Waals surface area contributed by atoms with E-state index >= 15 is 0 Å². The summed E-state index contributed by atoms with van der Waals surface area (Å²) in [6, 6.07) is 16.2. The normalized spacial score (nSPS) is 20.1. The Bertz CT molecular complexity index is 952. The number of sulfonamides is 1. The van der Waals surface area contributed by atoms with E-state index < -0.39 is 10.0 Å². The van der Waals surface area contributed by atoms with E-state index in [2.05, 4.69) is 0 Å². The van der Waals surface area contributed by atoms with E-state index in [4.69, 9.17) is 4.74 Å². The summed E-state index contributed by atoms with van der Waals surface area (Å²) in [6.07, 6.45) is 0.485. The SMILES string of the molecule is CCCN(Cc1ccccc1)C(=O)c1cccc(S(=O)(=O)N2CC(C)OC(C)C2)c1. The van der Waals surface area contributed by atoms with Crippen molar-refractivity contribution in [3.05, 3.63) is 65.7 Å². The Balaban J connectivity index is 1.84. The van der Waals surface area contributed by atoms with Crippen molar-refractivity contribution < 1.29 is 17.9 Å². The lowest BCUT2D eigenvalue weighted by molar-refractivity contribution is -0.0440. The van der Waals surface area contributed by atoms with Gasteiger partial charge in [0.2, 0.25) is 10.0 Å². The predicted octanol–water partition coefficient (Wildman–Crippen LogP) is 3.54. The molecular weight excluding hydrogens is 400 g/mol. The van der Waals surface area contributed by atoms with Gasteiger partial charge in [-0.2, -0.15) is 4.31 Å². The van der Waals surface area contributed by atoms with E-state index in [-0.39, 0.29) is 23.0 Å². The average Bonchev–Trinajstić information content (AvgIpc) is 2.73. The molecule has 1 aliphatic heterocycles. The Kier molecular flexibility index (Phi) is 7.28. The Labute approximate surface area is 179 Å². The van der Waals surface area contributed by atoms with E-state index in [9.17, 15) is 13.2 Å². The molecule has 0 spiro atoms. The zero-order valence-corrected chi connectivity index (χ0v) is 18.6. The van der Waals surface area contributed by atoms with Gasteiger partial charge in [0.25, 0.3) is 5.91 Å². The highest BCUT2D eigenvalue weighted by atomic mass is 32.2. The van der Waals surface area contributed by atoms with Crippen LogP contribution in [0.3, 0.4) is 0 Å². The van der Waals surface area contributed by atoms with Gasteiger partial charge in [0.05, 0.1) is 17.1 Å². The minimum Gasteiger partial charge on any atom is -0.373 e. The molecule has 162 valence electrons. The highest BCUT2D eigenvalue weighted by molar-refractivity contribution is 7.89. The van der Waals surface area contributed by atoms with Gasteiger partial charge >= 0.3 is 0 Å². The quantitative estimate of drug-likeness (QED) is 0.674. The van der Waals surface area contributed by atoms with Gasteiger partial charge in [-0.05, 0) is 44.0 Å². The van der Waals surface area contributed by atoms with Crippen molar-refractivity contribution in [3.8, 4) is 0 Å². The second-order valence-corrected chi connectivity index (χ2v) is 9.76. The molecule has 0 aromatic heterocycles. The molecule has 2 aromatic rings. The average molecular weight is 431 g/mol. The van der Waals surface area contributed by atoms with Crippen molar-refractivity contribution in [2.75, 3.05) is 19.6 Å². The summed E-state index contributed by atoms with van der Waals surface area (Å²) in [6.45, 7) is 7.45. The first kappa shape index (κ1) is 22.5. The van der Waals surface area contributed by atoms with Crippen LogP contribution in [-0.2, 0) is 21.3 Å². The molecule has 2 atom stereocenters. The lowest BCUT2D eigenvalue weighted by atomic mass is 10.1. The Morgan fingerprint density at radius 2 is 1.73 bits per heavy atom. The smallest absolute Gasteiger partial charge is 0.254 e. The Morgan fingerprint density at radius 3 is 2.37 bits per heavy atom. The molecule has 0 radical (unpaired) electrons. The second-order valence-electron chi connectivity index (χ2n) is 7.82. The number of rotatable bonds is 7. The van der Waals surface area contributed by atoms with Crippen molar-refractivity contribution in [1.29, 1.82) is 0 Å². The summed E-state index contributed by atoms with van der Waals surface area (Å²) < 4.78 is 33.5. The van der Waals surface area contributed by atoms with Crippen molar-refractivity contribution in [1.82, 2.24) is 9.21 Å². The minimum absolute atomic E-state index is 0.144. The summed E-state index contributed by atoms with van der Waals surface area (Å²) >= 11 is 0. The van der Waals surface area contributed by atoms with Crippen molar-refractivity contribution in [3.63, 3.8) is 0 Å². The van der Waals surface area contributed by atoms with Gasteiger partial charge in [-0.1, -0.05) is 43.3 Å². The molecule has 7 heteroatoms. The van der Waals surface area contributed by atoms with Crippen LogP contribution in [0.4, 0.5) is 0 Å². The number of amides is 1. The third-order valence-electron chi connectivity index (χ3n) is 5.10. The monoisotopic (exact) mass is 430 g/mol. The van der Waals surface area contributed by atoms with Crippen LogP contribution in [-0.4, -0.2) is 55.4 Å². The Hall–Kier alpha value is -2.22. The molecule has 0 saturated carbocycles. The first-order valence-corrected chi connectivity index (χ1v) is 11.8. The lowest BCUT2D eigenvalue weighted by Crippen LogP contribution is -2.48. The number of benzene rings is 2. The molecule has 0 aliphatic carbocycles. The van der Waals surface area contributed by atoms with Crippen LogP contribution in [0.1, 0.15) is 43.1 Å². The van der Waals surface area contributed by atoms with Gasteiger partial charge in [-0.25, -0.2) is 8.42 Å². The first-order valence-electron chi connectivity index (χ1n) is 10.4. The number of hydrogen-bond donors (Lipinski definition) is 0. The molecule has 1 saturated heterocycles. The van der Waals surface area contributed by atoms with E-state index in [1.165, 1.54) is 10.4 Å². The van der Waals surface area contributed by atoms with Gasteiger partial charge in [-0.15, -0.1) is 0 Å². The number of hydrogen-bond acceptors (Lipinski definition) is 4. The second kappa shape index (κ2) is 9.73. The zero-order valence-electron chi connectivity index (χ0n) is 17.8. The summed E-state index contributed by atoms with van der Waals surface area (Å²) in [5.74, 6) is -0.165. The zero-order chi connectivity index (χ0) is 21.7. The molecule has 30 heavy (non-hydrogen) atoms. The molecule has 6 nitrogen and oxygen atoms in total. The van der Waals surface area contributed by atoms with E-state index in [1.807, 2.05) is 51.1 Å². The van der Waals surface area contributed by atoms with Gasteiger partial charge in [0.1, 0.15) is 0 Å². The van der Waals surface area contributed by atoms with Crippen LogP contribution >= 0.6 is 0 Å². The molecule has 2 unspecified atom stereocenters. The van der Waals surface area contributed by atoms with Gasteiger partial charge in [0, 0.05) is 31.7 Å². The third kappa shape index (κ3) is 5.28. The van der Waals surface area contributed by atoms with Gasteiger partial charge < -0.3 is 9.64 Å². The fourth-order valence-corrected chi connectivity index (χ4v) is 5.41. The van der Waals surface area contributed by atoms with Crippen LogP contribution in [0.15, 0.2) is 59.5 Å². The molecule has 1 heterocycles. The minimum atomic E-state index is -3.70. The molecular formula is C23H30N2O4S. The maximum absolute atomic E-state index is 13.2. The molecule has 0 bridgehead atoms. The summed E-state index contributed by atoms with van der Waals surface area (Å²) in [4.78, 5) is 15.1. The fourth-order valence-electron chi connectivity index (χ4n) is 3.77. The largest absolute Gasteiger partial charge is 0.373 e. The third-order valence-corrected chi connectivity index (χ3v) is 6.93. The first-order chi connectivity index (χ1) is 14.3. The van der Waals surface area contributed by atoms with E-state index in [1.54, 1.807) is 23.1 Å². The lowest BCUT2D eigenvalue weighted by Gasteiger charge is -2.34. The number of nitrogens with zero attached hydrogens (tertiary/aromatic N) is 2. The number of ether oxygens (including phenoxy) is 1. The molecule has 2 aromatic carbocycles. The van der Waals surface area contributed by atoms with Gasteiger partial charge in [-0.3, -0.25) is 4.79 Å². The predicted molar refractivity (Wildman–Crippen MR) is 117 cm³/mol. The summed E-state index contributed by atoms with van der Waals surface area (Å²) in [7, 11) is -3.70. The van der Waals surface area contributed by atoms with Crippen molar-refractivity contribution >= 4 is 15.9 Å². The molecule has 1 aliphatic rings. The Morgan fingerprint density at radius 1 is 1.07 bits per heavy atom. The van der Waals surface area contributed by atoms with E-state index in [0.717, 1.165) is 12.0 Å². The van der Waals surface area contributed by atoms with Crippen LogP contribution in [0.2, 0.25) is 0 Å². The van der Waals surface area contributed by atoms with Crippen LogP contribution < -0.4 is 0 Å². The maximum Gasteiger partial charge on any atom is 0.254 e. The van der Waals surface area contributed by atoms with Crippen molar-refractivity contribution in [2.45, 2.75) is 50.8 Å². The van der Waals surface area contributed by atoms with E-state index in [0.29, 0.717) is 31.7 Å². The topological polar surface area (TPSA) is 66.9 Å². The van der Waals surface area contributed by atoms with Gasteiger partial charge in [0.15, 0.2) is 0 Å². The molecule has 3 rings (SSSR count). The standard InChI is InChI=1S/C23H30N2O4S/c1-4-13-24(17-20-9-6-5-7-10-20)23(26)21-11-8-12-22(14-21)30(27,28)25-15-18(2)29-19(3)16-25/h5-12,14,18-19H,4,13,15-17H2,1-3H3. The highest BCUT2D eigenvalue weighted by Gasteiger charge is 2.32. The van der Waals surface area contributed by atoms with Crippen LogP contribution in [0.25, 0.3) is 0 Å². The molecule has 1 amide bonds. The molecule has 1 fully saturated rings. The highest BCUT2D eigenvalue weighted by Crippen LogP contribution is 2.23. The van der Waals surface area contributed by atoms with Crippen LogP contribution in [0.5, 0.6) is 0 Å². The molecule has 0 N–H and O–H groups in total.